The number of aliphatic hydroxyl groups is 1. The molecule has 1 aliphatic rings. The molecule has 1 atom stereocenters. The second kappa shape index (κ2) is 9.94. The lowest BCUT2D eigenvalue weighted by Gasteiger charge is -2.30. The first-order chi connectivity index (χ1) is 15.9. The first-order valence-corrected chi connectivity index (χ1v) is 12.6. The topological polar surface area (TPSA) is 107 Å². The second-order valence-electron chi connectivity index (χ2n) is 8.26. The van der Waals surface area contributed by atoms with Gasteiger partial charge in [0.25, 0.3) is 5.91 Å². The van der Waals surface area contributed by atoms with E-state index in [0.29, 0.717) is 37.8 Å². The monoisotopic (exact) mass is 514 g/mol. The molecule has 1 aliphatic carbocycles. The standard InChI is InChI=1S/C23H22ClF3N2O4S/c24-20-12-18(11-6-15(20)13-28)29-21(30)22(31,14-34(32,33)19-4-2-1-3-5-19)16-7-9-17(10-8-16)23(25,26)27/h6-12,19,31H,1-5,14H2,(H,29,30). The predicted octanol–water partition coefficient (Wildman–Crippen LogP) is 4.80. The number of nitriles is 1. The van der Waals surface area contributed by atoms with E-state index in [1.807, 2.05) is 6.07 Å². The summed E-state index contributed by atoms with van der Waals surface area (Å²) in [6.45, 7) is 0. The smallest absolute Gasteiger partial charge is 0.374 e. The number of sulfone groups is 1. The van der Waals surface area contributed by atoms with Crippen LogP contribution < -0.4 is 5.32 Å². The molecular weight excluding hydrogens is 493 g/mol. The van der Waals surface area contributed by atoms with Crippen LogP contribution in [0, 0.1) is 11.3 Å². The maximum Gasteiger partial charge on any atom is 0.416 e. The summed E-state index contributed by atoms with van der Waals surface area (Å²) in [6.07, 6.45) is -1.60. The van der Waals surface area contributed by atoms with Crippen LogP contribution in [0.3, 0.4) is 0 Å². The number of halogens is 4. The van der Waals surface area contributed by atoms with Crippen LogP contribution in [-0.4, -0.2) is 30.4 Å². The minimum absolute atomic E-state index is 0.0215. The molecule has 2 aromatic carbocycles. The Morgan fingerprint density at radius 3 is 2.21 bits per heavy atom. The van der Waals surface area contributed by atoms with Gasteiger partial charge in [0.1, 0.15) is 6.07 Å². The average molecular weight is 515 g/mol. The Morgan fingerprint density at radius 1 is 1.09 bits per heavy atom. The molecule has 11 heteroatoms. The van der Waals surface area contributed by atoms with E-state index >= 15 is 0 Å². The summed E-state index contributed by atoms with van der Waals surface area (Å²) in [5, 5.41) is 22.0. The molecule has 2 aromatic rings. The van der Waals surface area contributed by atoms with Crippen molar-refractivity contribution in [3.05, 3.63) is 64.2 Å². The van der Waals surface area contributed by atoms with Crippen molar-refractivity contribution in [3.8, 4) is 6.07 Å². The molecule has 3 rings (SSSR count). The molecule has 0 spiro atoms. The van der Waals surface area contributed by atoms with Gasteiger partial charge in [-0.15, -0.1) is 0 Å². The number of benzene rings is 2. The number of hydrogen-bond acceptors (Lipinski definition) is 5. The molecule has 34 heavy (non-hydrogen) atoms. The molecule has 0 radical (unpaired) electrons. The third-order valence-corrected chi connectivity index (χ3v) is 8.50. The first-order valence-electron chi connectivity index (χ1n) is 10.5. The fraction of sp³-hybridized carbons (Fsp3) is 0.391. The van der Waals surface area contributed by atoms with Crippen molar-refractivity contribution in [2.75, 3.05) is 11.1 Å². The zero-order valence-electron chi connectivity index (χ0n) is 17.9. The highest BCUT2D eigenvalue weighted by molar-refractivity contribution is 7.92. The van der Waals surface area contributed by atoms with Gasteiger partial charge in [-0.3, -0.25) is 4.79 Å². The quantitative estimate of drug-likeness (QED) is 0.575. The zero-order chi connectivity index (χ0) is 25.1. The fourth-order valence-electron chi connectivity index (χ4n) is 3.97. The van der Waals surface area contributed by atoms with Crippen molar-refractivity contribution < 1.29 is 31.5 Å². The lowest BCUT2D eigenvalue weighted by atomic mass is 9.93. The highest BCUT2D eigenvalue weighted by Crippen LogP contribution is 2.34. The lowest BCUT2D eigenvalue weighted by molar-refractivity contribution is -0.137. The summed E-state index contributed by atoms with van der Waals surface area (Å²) in [5.41, 5.74) is -3.75. The van der Waals surface area contributed by atoms with Crippen LogP contribution in [-0.2, 0) is 26.4 Å². The van der Waals surface area contributed by atoms with Crippen molar-refractivity contribution in [1.29, 1.82) is 5.26 Å². The van der Waals surface area contributed by atoms with Crippen LogP contribution in [0.5, 0.6) is 0 Å². The molecule has 1 amide bonds. The van der Waals surface area contributed by atoms with Gasteiger partial charge in [-0.05, 0) is 48.7 Å². The Morgan fingerprint density at radius 2 is 1.68 bits per heavy atom. The maximum atomic E-state index is 13.2. The Bertz CT molecular complexity index is 1200. The highest BCUT2D eigenvalue weighted by Gasteiger charge is 2.45. The Hall–Kier alpha value is -2.61. The van der Waals surface area contributed by atoms with Crippen LogP contribution in [0.25, 0.3) is 0 Å². The molecule has 1 unspecified atom stereocenters. The molecule has 0 heterocycles. The van der Waals surface area contributed by atoms with Crippen LogP contribution in [0.4, 0.5) is 18.9 Å². The minimum atomic E-state index is -4.65. The number of anilines is 1. The van der Waals surface area contributed by atoms with Gasteiger partial charge in [0.2, 0.25) is 0 Å². The molecule has 0 aromatic heterocycles. The van der Waals surface area contributed by atoms with Crippen molar-refractivity contribution in [3.63, 3.8) is 0 Å². The summed E-state index contributed by atoms with van der Waals surface area (Å²) in [6, 6.07) is 8.91. The van der Waals surface area contributed by atoms with E-state index in [1.165, 1.54) is 18.2 Å². The van der Waals surface area contributed by atoms with Crippen molar-refractivity contribution in [1.82, 2.24) is 0 Å². The van der Waals surface area contributed by atoms with E-state index in [9.17, 15) is 31.5 Å². The number of hydrogen-bond donors (Lipinski definition) is 2. The van der Waals surface area contributed by atoms with Crippen LogP contribution >= 0.6 is 11.6 Å². The molecule has 0 bridgehead atoms. The van der Waals surface area contributed by atoms with E-state index in [-0.39, 0.29) is 21.8 Å². The molecule has 182 valence electrons. The minimum Gasteiger partial charge on any atom is -0.374 e. The van der Waals surface area contributed by atoms with Gasteiger partial charge in [0, 0.05) is 5.69 Å². The van der Waals surface area contributed by atoms with Crippen molar-refractivity contribution >= 4 is 33.0 Å². The highest BCUT2D eigenvalue weighted by atomic mass is 35.5. The van der Waals surface area contributed by atoms with Crippen molar-refractivity contribution in [2.45, 2.75) is 49.1 Å². The summed E-state index contributed by atoms with van der Waals surface area (Å²) in [4.78, 5) is 13.2. The first kappa shape index (κ1) is 26.0. The Kier molecular flexibility index (Phi) is 7.60. The molecular formula is C23H22ClF3N2O4S. The van der Waals surface area contributed by atoms with E-state index in [0.717, 1.165) is 18.6 Å². The normalized spacial score (nSPS) is 16.9. The van der Waals surface area contributed by atoms with Gasteiger partial charge in [0.05, 0.1) is 27.2 Å². The second-order valence-corrected chi connectivity index (χ2v) is 11.0. The number of carbonyl (C=O) groups is 1. The summed E-state index contributed by atoms with van der Waals surface area (Å²) < 4.78 is 65.2. The number of alkyl halides is 3. The number of amides is 1. The van der Waals surface area contributed by atoms with Gasteiger partial charge in [-0.25, -0.2) is 8.42 Å². The van der Waals surface area contributed by atoms with E-state index in [1.54, 1.807) is 0 Å². The van der Waals surface area contributed by atoms with Gasteiger partial charge in [-0.1, -0.05) is 43.0 Å². The van der Waals surface area contributed by atoms with Crippen LogP contribution in [0.1, 0.15) is 48.8 Å². The van der Waals surface area contributed by atoms with Gasteiger partial charge >= 0.3 is 6.18 Å². The number of carbonyl (C=O) groups excluding carboxylic acids is 1. The maximum absolute atomic E-state index is 13.2. The van der Waals surface area contributed by atoms with Crippen LogP contribution in [0.2, 0.25) is 5.02 Å². The molecule has 2 N–H and O–H groups in total. The molecule has 0 saturated heterocycles. The third-order valence-electron chi connectivity index (χ3n) is 5.88. The zero-order valence-corrected chi connectivity index (χ0v) is 19.5. The van der Waals surface area contributed by atoms with Crippen LogP contribution in [0.15, 0.2) is 42.5 Å². The summed E-state index contributed by atoms with van der Waals surface area (Å²) >= 11 is 5.97. The average Bonchev–Trinajstić information content (AvgIpc) is 2.79. The van der Waals surface area contributed by atoms with E-state index in [4.69, 9.17) is 16.9 Å². The molecule has 0 aliphatic heterocycles. The lowest BCUT2D eigenvalue weighted by Crippen LogP contribution is -2.48. The third kappa shape index (κ3) is 5.71. The van der Waals surface area contributed by atoms with Gasteiger partial charge in [0.15, 0.2) is 15.4 Å². The summed E-state index contributed by atoms with van der Waals surface area (Å²) in [7, 11) is -3.99. The number of rotatable bonds is 6. The largest absolute Gasteiger partial charge is 0.416 e. The molecule has 1 fully saturated rings. The molecule has 1 saturated carbocycles. The number of nitrogens with zero attached hydrogens (tertiary/aromatic N) is 1. The Labute approximate surface area is 200 Å². The van der Waals surface area contributed by atoms with E-state index in [2.05, 4.69) is 5.32 Å². The van der Waals surface area contributed by atoms with Gasteiger partial charge in [-0.2, -0.15) is 18.4 Å². The fourth-order valence-corrected chi connectivity index (χ4v) is 6.36. The number of nitrogens with one attached hydrogen (secondary N) is 1. The van der Waals surface area contributed by atoms with E-state index < -0.39 is 44.1 Å². The Balaban J connectivity index is 1.99. The van der Waals surface area contributed by atoms with Gasteiger partial charge < -0.3 is 10.4 Å². The summed E-state index contributed by atoms with van der Waals surface area (Å²) in [5.74, 6) is -2.14. The van der Waals surface area contributed by atoms with Crippen molar-refractivity contribution in [2.24, 2.45) is 0 Å². The SMILES string of the molecule is N#Cc1ccc(NC(=O)C(O)(CS(=O)(=O)C2CCCCC2)c2ccc(C(F)(F)F)cc2)cc1Cl. The molecule has 6 nitrogen and oxygen atoms in total. The predicted molar refractivity (Wildman–Crippen MR) is 121 cm³/mol.